The van der Waals surface area contributed by atoms with Crippen molar-refractivity contribution in [2.75, 3.05) is 26.2 Å². The second-order valence-electron chi connectivity index (χ2n) is 5.31. The van der Waals surface area contributed by atoms with Crippen LogP contribution in [0.3, 0.4) is 0 Å². The van der Waals surface area contributed by atoms with Gasteiger partial charge in [-0.1, -0.05) is 12.2 Å². The molecule has 15 heavy (non-hydrogen) atoms. The van der Waals surface area contributed by atoms with Crippen molar-refractivity contribution in [3.63, 3.8) is 0 Å². The van der Waals surface area contributed by atoms with Gasteiger partial charge in [-0.25, -0.2) is 0 Å². The van der Waals surface area contributed by atoms with Crippen LogP contribution >= 0.6 is 0 Å². The third kappa shape index (κ3) is 3.62. The van der Waals surface area contributed by atoms with Gasteiger partial charge >= 0.3 is 0 Å². The van der Waals surface area contributed by atoms with E-state index in [4.69, 9.17) is 0 Å². The molecular weight excluding hydrogens is 184 g/mol. The maximum atomic E-state index is 4.04. The molecule has 0 spiro atoms. The zero-order valence-corrected chi connectivity index (χ0v) is 9.97. The molecule has 1 aliphatic heterocycles. The van der Waals surface area contributed by atoms with Crippen molar-refractivity contribution in [3.8, 4) is 0 Å². The lowest BCUT2D eigenvalue weighted by Gasteiger charge is -2.30. The second-order valence-corrected chi connectivity index (χ2v) is 5.31. The average molecular weight is 208 g/mol. The van der Waals surface area contributed by atoms with Crippen molar-refractivity contribution >= 4 is 0 Å². The van der Waals surface area contributed by atoms with Crippen LogP contribution in [-0.2, 0) is 0 Å². The van der Waals surface area contributed by atoms with E-state index in [-0.39, 0.29) is 0 Å². The molecule has 0 radical (unpaired) electrons. The molecule has 1 N–H and O–H groups in total. The largest absolute Gasteiger partial charge is 0.317 e. The minimum atomic E-state index is 0.886. The number of rotatable bonds is 5. The summed E-state index contributed by atoms with van der Waals surface area (Å²) < 4.78 is 0. The summed E-state index contributed by atoms with van der Waals surface area (Å²) in [5.74, 6) is 0.922. The molecule has 0 bridgehead atoms. The molecule has 2 heteroatoms. The third-order valence-electron chi connectivity index (χ3n) is 3.49. The molecule has 2 fully saturated rings. The van der Waals surface area contributed by atoms with E-state index in [0.29, 0.717) is 0 Å². The highest BCUT2D eigenvalue weighted by atomic mass is 15.2. The predicted octanol–water partition coefficient (Wildman–Crippen LogP) is 2.03. The summed E-state index contributed by atoms with van der Waals surface area (Å²) in [5.41, 5.74) is 1.32. The van der Waals surface area contributed by atoms with Gasteiger partial charge in [0.2, 0.25) is 0 Å². The minimum Gasteiger partial charge on any atom is -0.317 e. The van der Waals surface area contributed by atoms with Crippen LogP contribution in [0.15, 0.2) is 12.2 Å². The summed E-state index contributed by atoms with van der Waals surface area (Å²) in [5, 5.41) is 3.44. The lowest BCUT2D eigenvalue weighted by Crippen LogP contribution is -2.37. The Bertz CT molecular complexity index is 215. The van der Waals surface area contributed by atoms with E-state index >= 15 is 0 Å². The van der Waals surface area contributed by atoms with Gasteiger partial charge < -0.3 is 5.32 Å². The average Bonchev–Trinajstić information content (AvgIpc) is 3.01. The quantitative estimate of drug-likeness (QED) is 0.695. The van der Waals surface area contributed by atoms with E-state index in [1.165, 1.54) is 50.9 Å². The Labute approximate surface area is 93.7 Å². The monoisotopic (exact) mass is 208 g/mol. The molecule has 0 aromatic carbocycles. The molecule has 1 saturated heterocycles. The van der Waals surface area contributed by atoms with Crippen molar-refractivity contribution in [2.24, 2.45) is 5.92 Å². The standard InChI is InChI=1S/C13H24N2/c1-11(2)9-15(13-3-4-13)10-12-5-7-14-8-6-12/h12-14H,1,3-10H2,2H3. The van der Waals surface area contributed by atoms with Gasteiger partial charge in [-0.15, -0.1) is 0 Å². The van der Waals surface area contributed by atoms with Gasteiger partial charge in [0.25, 0.3) is 0 Å². The van der Waals surface area contributed by atoms with Crippen molar-refractivity contribution < 1.29 is 0 Å². The van der Waals surface area contributed by atoms with Crippen molar-refractivity contribution in [3.05, 3.63) is 12.2 Å². The predicted molar refractivity (Wildman–Crippen MR) is 65.0 cm³/mol. The molecule has 1 saturated carbocycles. The molecule has 2 rings (SSSR count). The summed E-state index contributed by atoms with van der Waals surface area (Å²) >= 11 is 0. The maximum absolute atomic E-state index is 4.04. The van der Waals surface area contributed by atoms with E-state index in [1.807, 2.05) is 0 Å². The Morgan fingerprint density at radius 1 is 1.27 bits per heavy atom. The smallest absolute Gasteiger partial charge is 0.0190 e. The first-order chi connectivity index (χ1) is 7.25. The molecule has 2 nitrogen and oxygen atoms in total. The number of piperidine rings is 1. The molecule has 86 valence electrons. The van der Waals surface area contributed by atoms with Crippen molar-refractivity contribution in [1.29, 1.82) is 0 Å². The van der Waals surface area contributed by atoms with Crippen molar-refractivity contribution in [1.82, 2.24) is 10.2 Å². The van der Waals surface area contributed by atoms with Gasteiger partial charge in [0.15, 0.2) is 0 Å². The first-order valence-corrected chi connectivity index (χ1v) is 6.35. The zero-order valence-electron chi connectivity index (χ0n) is 9.97. The SMILES string of the molecule is C=C(C)CN(CC1CCNCC1)C1CC1. The number of hydrogen-bond donors (Lipinski definition) is 1. The highest BCUT2D eigenvalue weighted by Gasteiger charge is 2.30. The van der Waals surface area contributed by atoms with Gasteiger partial charge in [-0.3, -0.25) is 4.90 Å². The highest BCUT2D eigenvalue weighted by Crippen LogP contribution is 2.29. The zero-order chi connectivity index (χ0) is 10.7. The Morgan fingerprint density at radius 2 is 1.93 bits per heavy atom. The van der Waals surface area contributed by atoms with E-state index in [1.54, 1.807) is 0 Å². The van der Waals surface area contributed by atoms with Gasteiger partial charge in [0, 0.05) is 19.1 Å². The van der Waals surface area contributed by atoms with Crippen molar-refractivity contribution in [2.45, 2.75) is 38.6 Å². The fraction of sp³-hybridized carbons (Fsp3) is 0.846. The molecule has 0 unspecified atom stereocenters. The van der Waals surface area contributed by atoms with Crippen LogP contribution in [0.2, 0.25) is 0 Å². The Morgan fingerprint density at radius 3 is 2.47 bits per heavy atom. The number of nitrogens with one attached hydrogen (secondary N) is 1. The van der Waals surface area contributed by atoms with Crippen LogP contribution < -0.4 is 5.32 Å². The molecular formula is C13H24N2. The van der Waals surface area contributed by atoms with Gasteiger partial charge in [0.1, 0.15) is 0 Å². The molecule has 0 aromatic heterocycles. The van der Waals surface area contributed by atoms with Crippen LogP contribution in [0.25, 0.3) is 0 Å². The van der Waals surface area contributed by atoms with Gasteiger partial charge in [-0.2, -0.15) is 0 Å². The summed E-state index contributed by atoms with van der Waals surface area (Å²) in [6.45, 7) is 11.1. The number of nitrogens with zero attached hydrogens (tertiary/aromatic N) is 1. The van der Waals surface area contributed by atoms with Gasteiger partial charge in [-0.05, 0) is 51.6 Å². The van der Waals surface area contributed by atoms with E-state index in [0.717, 1.165) is 18.5 Å². The maximum Gasteiger partial charge on any atom is 0.0190 e. The first kappa shape index (κ1) is 11.2. The van der Waals surface area contributed by atoms with E-state index in [2.05, 4.69) is 23.7 Å². The Hall–Kier alpha value is -0.340. The normalized spacial score (nSPS) is 23.3. The first-order valence-electron chi connectivity index (χ1n) is 6.35. The van der Waals surface area contributed by atoms with Crippen LogP contribution in [0.4, 0.5) is 0 Å². The fourth-order valence-corrected chi connectivity index (χ4v) is 2.53. The summed E-state index contributed by atoms with van der Waals surface area (Å²) in [4.78, 5) is 2.66. The molecule has 1 heterocycles. The molecule has 0 amide bonds. The lowest BCUT2D eigenvalue weighted by atomic mass is 9.97. The molecule has 1 aliphatic carbocycles. The third-order valence-corrected chi connectivity index (χ3v) is 3.49. The molecule has 0 aromatic rings. The fourth-order valence-electron chi connectivity index (χ4n) is 2.53. The van der Waals surface area contributed by atoms with Crippen LogP contribution in [-0.4, -0.2) is 37.1 Å². The van der Waals surface area contributed by atoms with Crippen LogP contribution in [0, 0.1) is 5.92 Å². The number of hydrogen-bond acceptors (Lipinski definition) is 2. The van der Waals surface area contributed by atoms with Crippen LogP contribution in [0.1, 0.15) is 32.6 Å². The summed E-state index contributed by atoms with van der Waals surface area (Å²) in [6.07, 6.45) is 5.55. The Kier molecular flexibility index (Phi) is 3.81. The van der Waals surface area contributed by atoms with E-state index in [9.17, 15) is 0 Å². The summed E-state index contributed by atoms with van der Waals surface area (Å²) in [7, 11) is 0. The van der Waals surface area contributed by atoms with E-state index < -0.39 is 0 Å². The second kappa shape index (κ2) is 5.13. The highest BCUT2D eigenvalue weighted by molar-refractivity contribution is 4.97. The Balaban J connectivity index is 1.79. The summed E-state index contributed by atoms with van der Waals surface area (Å²) in [6, 6.07) is 0.886. The van der Waals surface area contributed by atoms with Crippen LogP contribution in [0.5, 0.6) is 0 Å². The topological polar surface area (TPSA) is 15.3 Å². The lowest BCUT2D eigenvalue weighted by molar-refractivity contribution is 0.211. The molecule has 0 atom stereocenters. The molecule has 2 aliphatic rings. The van der Waals surface area contributed by atoms with Gasteiger partial charge in [0.05, 0.1) is 0 Å². The minimum absolute atomic E-state index is 0.886.